The second-order valence-electron chi connectivity index (χ2n) is 6.87. The number of pyridine rings is 1. The fourth-order valence-electron chi connectivity index (χ4n) is 4.05. The number of hydrogen-bond donors (Lipinski definition) is 1. The average Bonchev–Trinajstić information content (AvgIpc) is 3.15. The number of ether oxygens (including phenoxy) is 1. The Morgan fingerprint density at radius 3 is 3.00 bits per heavy atom. The van der Waals surface area contributed by atoms with Gasteiger partial charge in [-0.05, 0) is 55.5 Å². The lowest BCUT2D eigenvalue weighted by Crippen LogP contribution is -2.32. The van der Waals surface area contributed by atoms with Gasteiger partial charge in [-0.3, -0.25) is 0 Å². The third kappa shape index (κ3) is 2.86. The Hall–Kier alpha value is -2.07. The lowest BCUT2D eigenvalue weighted by atomic mass is 9.88. The lowest BCUT2D eigenvalue weighted by molar-refractivity contribution is 0.398. The zero-order valence-electron chi connectivity index (χ0n) is 14.5. The number of rotatable bonds is 3. The van der Waals surface area contributed by atoms with E-state index in [4.69, 9.17) is 4.74 Å². The minimum Gasteiger partial charge on any atom is -0.481 e. The zero-order chi connectivity index (χ0) is 16.5. The standard InChI is InChI=1S/C20H25N3O/c1-14-10-15-6-9-23(16-5-8-22-20(12-16)24-2)13-18(15)17(11-14)19-4-3-7-21-19/h5,8,10-12,19,21H,3-4,6-7,9,13H2,1-2H3/t19-/m0/s1. The number of aryl methyl sites for hydroxylation is 1. The molecule has 0 spiro atoms. The third-order valence-electron chi connectivity index (χ3n) is 5.25. The van der Waals surface area contributed by atoms with Crippen molar-refractivity contribution in [3.8, 4) is 5.88 Å². The van der Waals surface area contributed by atoms with Crippen molar-refractivity contribution in [3.05, 3.63) is 52.7 Å². The van der Waals surface area contributed by atoms with Crippen LogP contribution in [0.3, 0.4) is 0 Å². The van der Waals surface area contributed by atoms with Gasteiger partial charge in [0.25, 0.3) is 0 Å². The molecule has 0 bridgehead atoms. The Morgan fingerprint density at radius 2 is 2.21 bits per heavy atom. The number of nitrogens with zero attached hydrogens (tertiary/aromatic N) is 2. The van der Waals surface area contributed by atoms with Gasteiger partial charge in [-0.15, -0.1) is 0 Å². The van der Waals surface area contributed by atoms with Crippen molar-refractivity contribution in [3.63, 3.8) is 0 Å². The lowest BCUT2D eigenvalue weighted by Gasteiger charge is -2.33. The quantitative estimate of drug-likeness (QED) is 0.939. The van der Waals surface area contributed by atoms with Gasteiger partial charge in [-0.2, -0.15) is 0 Å². The average molecular weight is 323 g/mol. The van der Waals surface area contributed by atoms with E-state index < -0.39 is 0 Å². The molecule has 1 fully saturated rings. The van der Waals surface area contributed by atoms with E-state index in [2.05, 4.69) is 40.3 Å². The summed E-state index contributed by atoms with van der Waals surface area (Å²) in [6.45, 7) is 5.37. The number of hydrogen-bond acceptors (Lipinski definition) is 4. The third-order valence-corrected chi connectivity index (χ3v) is 5.25. The molecule has 1 N–H and O–H groups in total. The van der Waals surface area contributed by atoms with Gasteiger partial charge in [0.1, 0.15) is 0 Å². The molecule has 2 aliphatic heterocycles. The second-order valence-corrected chi connectivity index (χ2v) is 6.87. The van der Waals surface area contributed by atoms with E-state index in [0.29, 0.717) is 11.9 Å². The molecule has 4 rings (SSSR count). The molecule has 0 unspecified atom stereocenters. The van der Waals surface area contributed by atoms with Gasteiger partial charge < -0.3 is 15.0 Å². The highest BCUT2D eigenvalue weighted by Gasteiger charge is 2.25. The Bertz CT molecular complexity index is 738. The number of benzene rings is 1. The molecule has 1 atom stereocenters. The second kappa shape index (κ2) is 6.44. The van der Waals surface area contributed by atoms with Gasteiger partial charge >= 0.3 is 0 Å². The number of anilines is 1. The molecule has 1 saturated heterocycles. The van der Waals surface area contributed by atoms with Crippen LogP contribution in [0, 0.1) is 6.92 Å². The number of methoxy groups -OCH3 is 1. The van der Waals surface area contributed by atoms with Crippen LogP contribution >= 0.6 is 0 Å². The maximum atomic E-state index is 5.29. The number of fused-ring (bicyclic) bond motifs is 1. The van der Waals surface area contributed by atoms with Gasteiger partial charge in [0, 0.05) is 37.1 Å². The molecule has 2 aromatic rings. The first-order valence-corrected chi connectivity index (χ1v) is 8.85. The molecule has 4 nitrogen and oxygen atoms in total. The molecule has 0 saturated carbocycles. The summed E-state index contributed by atoms with van der Waals surface area (Å²) in [7, 11) is 1.67. The minimum absolute atomic E-state index is 0.519. The first kappa shape index (κ1) is 15.5. The van der Waals surface area contributed by atoms with Crippen molar-refractivity contribution in [1.29, 1.82) is 0 Å². The van der Waals surface area contributed by atoms with E-state index in [1.54, 1.807) is 7.11 Å². The van der Waals surface area contributed by atoms with Crippen molar-refractivity contribution < 1.29 is 4.74 Å². The summed E-state index contributed by atoms with van der Waals surface area (Å²) < 4.78 is 5.29. The molecule has 3 heterocycles. The molecule has 2 aliphatic rings. The molecular weight excluding hydrogens is 298 g/mol. The van der Waals surface area contributed by atoms with Gasteiger partial charge in [-0.1, -0.05) is 17.7 Å². The Kier molecular flexibility index (Phi) is 4.15. The van der Waals surface area contributed by atoms with Crippen LogP contribution in [0.15, 0.2) is 30.5 Å². The first-order chi connectivity index (χ1) is 11.7. The summed E-state index contributed by atoms with van der Waals surface area (Å²) in [6, 6.07) is 9.39. The fourth-order valence-corrected chi connectivity index (χ4v) is 4.05. The van der Waals surface area contributed by atoms with E-state index in [-0.39, 0.29) is 0 Å². The zero-order valence-corrected chi connectivity index (χ0v) is 14.5. The molecule has 126 valence electrons. The summed E-state index contributed by atoms with van der Waals surface area (Å²) in [6.07, 6.45) is 5.46. The van der Waals surface area contributed by atoms with E-state index in [0.717, 1.165) is 26.1 Å². The molecule has 1 aromatic heterocycles. The minimum atomic E-state index is 0.519. The van der Waals surface area contributed by atoms with E-state index in [9.17, 15) is 0 Å². The van der Waals surface area contributed by atoms with Crippen molar-refractivity contribution in [2.75, 3.05) is 25.1 Å². The van der Waals surface area contributed by atoms with E-state index in [1.807, 2.05) is 12.3 Å². The molecule has 0 radical (unpaired) electrons. The molecule has 1 aromatic carbocycles. The maximum absolute atomic E-state index is 5.29. The highest BCUT2D eigenvalue weighted by molar-refractivity contribution is 5.53. The van der Waals surface area contributed by atoms with Crippen LogP contribution in [0.4, 0.5) is 5.69 Å². The van der Waals surface area contributed by atoms with Crippen LogP contribution in [0.2, 0.25) is 0 Å². The van der Waals surface area contributed by atoms with Crippen LogP contribution in [0.25, 0.3) is 0 Å². The highest BCUT2D eigenvalue weighted by atomic mass is 16.5. The molecular formula is C20H25N3O. The van der Waals surface area contributed by atoms with Crippen LogP contribution in [0.5, 0.6) is 5.88 Å². The normalized spacial score (nSPS) is 20.1. The van der Waals surface area contributed by atoms with Gasteiger partial charge in [0.05, 0.1) is 7.11 Å². The van der Waals surface area contributed by atoms with Gasteiger partial charge in [-0.25, -0.2) is 4.98 Å². The summed E-state index contributed by atoms with van der Waals surface area (Å²) in [5, 5.41) is 3.67. The summed E-state index contributed by atoms with van der Waals surface area (Å²) in [5.41, 5.74) is 7.13. The van der Waals surface area contributed by atoms with Gasteiger partial charge in [0.15, 0.2) is 0 Å². The van der Waals surface area contributed by atoms with Crippen molar-refractivity contribution in [2.24, 2.45) is 0 Å². The Balaban J connectivity index is 1.68. The van der Waals surface area contributed by atoms with E-state index >= 15 is 0 Å². The monoisotopic (exact) mass is 323 g/mol. The SMILES string of the molecule is COc1cc(N2CCc3cc(C)cc([C@@H]4CCCN4)c3C2)ccn1. The summed E-state index contributed by atoms with van der Waals surface area (Å²) >= 11 is 0. The van der Waals surface area contributed by atoms with Crippen molar-refractivity contribution >= 4 is 5.69 Å². The Morgan fingerprint density at radius 1 is 1.29 bits per heavy atom. The largest absolute Gasteiger partial charge is 0.481 e. The molecule has 4 heteroatoms. The molecule has 24 heavy (non-hydrogen) atoms. The topological polar surface area (TPSA) is 37.4 Å². The molecule has 0 aliphatic carbocycles. The summed E-state index contributed by atoms with van der Waals surface area (Å²) in [5.74, 6) is 0.680. The summed E-state index contributed by atoms with van der Waals surface area (Å²) in [4.78, 5) is 6.68. The predicted octanol–water partition coefficient (Wildman–Crippen LogP) is 3.39. The highest BCUT2D eigenvalue weighted by Crippen LogP contribution is 2.34. The van der Waals surface area contributed by atoms with Crippen LogP contribution in [-0.2, 0) is 13.0 Å². The van der Waals surface area contributed by atoms with Crippen LogP contribution in [0.1, 0.15) is 41.1 Å². The smallest absolute Gasteiger partial charge is 0.214 e. The Labute approximate surface area is 143 Å². The van der Waals surface area contributed by atoms with Gasteiger partial charge in [0.2, 0.25) is 5.88 Å². The maximum Gasteiger partial charge on any atom is 0.214 e. The van der Waals surface area contributed by atoms with E-state index in [1.165, 1.54) is 40.8 Å². The van der Waals surface area contributed by atoms with Crippen molar-refractivity contribution in [2.45, 2.75) is 38.8 Å². The van der Waals surface area contributed by atoms with Crippen molar-refractivity contribution in [1.82, 2.24) is 10.3 Å². The number of nitrogens with one attached hydrogen (secondary N) is 1. The number of aromatic nitrogens is 1. The predicted molar refractivity (Wildman–Crippen MR) is 96.7 cm³/mol. The van der Waals surface area contributed by atoms with Crippen LogP contribution < -0.4 is 15.0 Å². The van der Waals surface area contributed by atoms with Crippen LogP contribution in [-0.4, -0.2) is 25.2 Å². The first-order valence-electron chi connectivity index (χ1n) is 8.85. The fraction of sp³-hybridized carbons (Fsp3) is 0.450. The molecule has 0 amide bonds.